The summed E-state index contributed by atoms with van der Waals surface area (Å²) < 4.78 is 15.3. The van der Waals surface area contributed by atoms with Crippen LogP contribution in [0.25, 0.3) is 0 Å². The Hall–Kier alpha value is -1.16. The smallest absolute Gasteiger partial charge is 0.137 e. The molecule has 0 bridgehead atoms. The van der Waals surface area contributed by atoms with E-state index in [0.717, 1.165) is 5.56 Å². The Bertz CT molecular complexity index is 426. The molecule has 72 valence electrons. The van der Waals surface area contributed by atoms with E-state index in [1.165, 1.54) is 6.07 Å². The molecule has 0 radical (unpaired) electrons. The topological polar surface area (TPSA) is 17.8 Å². The van der Waals surface area contributed by atoms with Gasteiger partial charge in [0.15, 0.2) is 0 Å². The summed E-state index contributed by atoms with van der Waals surface area (Å²) in [5, 5.41) is 0. The molecule has 1 aromatic carbocycles. The van der Waals surface area contributed by atoms with Gasteiger partial charge in [0.25, 0.3) is 0 Å². The molecule has 0 aliphatic carbocycles. The van der Waals surface area contributed by atoms with E-state index in [0.29, 0.717) is 11.0 Å². The van der Waals surface area contributed by atoms with Gasteiger partial charge in [0, 0.05) is 18.9 Å². The molecule has 14 heavy (non-hydrogen) atoms. The molecule has 0 aliphatic heterocycles. The molecule has 0 aliphatic rings. The lowest BCUT2D eigenvalue weighted by atomic mass is 10.2. The molecule has 0 N–H and O–H groups in total. The summed E-state index contributed by atoms with van der Waals surface area (Å²) in [6, 6.07) is 4.99. The minimum atomic E-state index is -0.237. The minimum Gasteiger partial charge on any atom is -0.333 e. The molecule has 4 heteroatoms. The van der Waals surface area contributed by atoms with Gasteiger partial charge in [-0.05, 0) is 33.6 Å². The van der Waals surface area contributed by atoms with Gasteiger partial charge >= 0.3 is 0 Å². The van der Waals surface area contributed by atoms with E-state index < -0.39 is 0 Å². The van der Waals surface area contributed by atoms with Gasteiger partial charge in [-0.25, -0.2) is 9.37 Å². The fourth-order valence-corrected chi connectivity index (χ4v) is 1.66. The first-order chi connectivity index (χ1) is 6.75. The van der Waals surface area contributed by atoms with Crippen LogP contribution in [0.3, 0.4) is 0 Å². The van der Waals surface area contributed by atoms with Crippen molar-refractivity contribution in [2.75, 3.05) is 0 Å². The second-order valence-electron chi connectivity index (χ2n) is 2.98. The maximum absolute atomic E-state index is 12.9. The van der Waals surface area contributed by atoms with Gasteiger partial charge in [-0.1, -0.05) is 6.07 Å². The number of benzene rings is 1. The SMILES string of the molecule is Fc1ccc(Cn2ccnc2)cc1Br. The van der Waals surface area contributed by atoms with E-state index in [1.54, 1.807) is 24.7 Å². The number of hydrogen-bond acceptors (Lipinski definition) is 1. The molecule has 0 fully saturated rings. The fraction of sp³-hybridized carbons (Fsp3) is 0.100. The first kappa shape index (κ1) is 9.40. The van der Waals surface area contributed by atoms with E-state index >= 15 is 0 Å². The monoisotopic (exact) mass is 254 g/mol. The van der Waals surface area contributed by atoms with Crippen molar-refractivity contribution in [2.45, 2.75) is 6.54 Å². The van der Waals surface area contributed by atoms with Crippen molar-refractivity contribution < 1.29 is 4.39 Å². The Morgan fingerprint density at radius 1 is 1.43 bits per heavy atom. The molecular weight excluding hydrogens is 247 g/mol. The zero-order chi connectivity index (χ0) is 9.97. The van der Waals surface area contributed by atoms with Gasteiger partial charge in [0.2, 0.25) is 0 Å². The lowest BCUT2D eigenvalue weighted by molar-refractivity contribution is 0.619. The van der Waals surface area contributed by atoms with E-state index in [4.69, 9.17) is 0 Å². The maximum Gasteiger partial charge on any atom is 0.137 e. The second-order valence-corrected chi connectivity index (χ2v) is 3.84. The summed E-state index contributed by atoms with van der Waals surface area (Å²) in [6.07, 6.45) is 5.33. The van der Waals surface area contributed by atoms with Crippen LogP contribution in [-0.4, -0.2) is 9.55 Å². The lowest BCUT2D eigenvalue weighted by Gasteiger charge is -2.03. The van der Waals surface area contributed by atoms with Crippen molar-refractivity contribution in [3.05, 3.63) is 52.8 Å². The summed E-state index contributed by atoms with van der Waals surface area (Å²) in [5.74, 6) is -0.237. The first-order valence-corrected chi connectivity index (χ1v) is 4.94. The molecule has 0 saturated carbocycles. The van der Waals surface area contributed by atoms with Crippen molar-refractivity contribution in [3.63, 3.8) is 0 Å². The fourth-order valence-electron chi connectivity index (χ4n) is 1.23. The van der Waals surface area contributed by atoms with Gasteiger partial charge in [0.1, 0.15) is 5.82 Å². The average Bonchev–Trinajstić information content (AvgIpc) is 2.64. The van der Waals surface area contributed by atoms with Gasteiger partial charge in [-0.2, -0.15) is 0 Å². The molecule has 2 rings (SSSR count). The van der Waals surface area contributed by atoms with Crippen LogP contribution in [0.1, 0.15) is 5.56 Å². The van der Waals surface area contributed by atoms with Crippen molar-refractivity contribution in [1.29, 1.82) is 0 Å². The summed E-state index contributed by atoms with van der Waals surface area (Å²) in [4.78, 5) is 3.94. The van der Waals surface area contributed by atoms with Gasteiger partial charge in [-0.15, -0.1) is 0 Å². The highest BCUT2D eigenvalue weighted by atomic mass is 79.9. The third-order valence-corrected chi connectivity index (χ3v) is 2.52. The summed E-state index contributed by atoms with van der Waals surface area (Å²) >= 11 is 3.15. The van der Waals surface area contributed by atoms with E-state index in [9.17, 15) is 4.39 Å². The maximum atomic E-state index is 12.9. The minimum absolute atomic E-state index is 0.237. The number of halogens is 2. The Labute approximate surface area is 89.5 Å². The van der Waals surface area contributed by atoms with Crippen molar-refractivity contribution in [3.8, 4) is 0 Å². The van der Waals surface area contributed by atoms with Crippen LogP contribution in [-0.2, 0) is 6.54 Å². The Morgan fingerprint density at radius 3 is 2.93 bits per heavy atom. The zero-order valence-electron chi connectivity index (χ0n) is 7.32. The Kier molecular flexibility index (Phi) is 2.63. The van der Waals surface area contributed by atoms with Crippen molar-refractivity contribution in [2.24, 2.45) is 0 Å². The molecule has 0 unspecified atom stereocenters. The quantitative estimate of drug-likeness (QED) is 0.806. The van der Waals surface area contributed by atoms with Gasteiger partial charge < -0.3 is 4.57 Å². The molecule has 0 atom stereocenters. The summed E-state index contributed by atoms with van der Waals surface area (Å²) in [7, 11) is 0. The molecule has 2 aromatic rings. The second kappa shape index (κ2) is 3.92. The van der Waals surface area contributed by atoms with E-state index in [2.05, 4.69) is 20.9 Å². The number of imidazole rings is 1. The van der Waals surface area contributed by atoms with Gasteiger partial charge in [-0.3, -0.25) is 0 Å². The van der Waals surface area contributed by atoms with Gasteiger partial charge in [0.05, 0.1) is 10.8 Å². The molecule has 2 nitrogen and oxygen atoms in total. The van der Waals surface area contributed by atoms with E-state index in [1.807, 2.05) is 10.8 Å². The van der Waals surface area contributed by atoms with Crippen LogP contribution in [0.2, 0.25) is 0 Å². The van der Waals surface area contributed by atoms with Crippen molar-refractivity contribution in [1.82, 2.24) is 9.55 Å². The molecule has 1 heterocycles. The van der Waals surface area contributed by atoms with Crippen LogP contribution in [0.5, 0.6) is 0 Å². The van der Waals surface area contributed by atoms with Crippen molar-refractivity contribution >= 4 is 15.9 Å². The van der Waals surface area contributed by atoms with Crippen LogP contribution >= 0.6 is 15.9 Å². The highest BCUT2D eigenvalue weighted by molar-refractivity contribution is 9.10. The molecule has 0 saturated heterocycles. The highest BCUT2D eigenvalue weighted by Gasteiger charge is 2.00. The van der Waals surface area contributed by atoms with E-state index in [-0.39, 0.29) is 5.82 Å². The Balaban J connectivity index is 2.22. The van der Waals surface area contributed by atoms with Crippen LogP contribution in [0.4, 0.5) is 4.39 Å². The third-order valence-electron chi connectivity index (χ3n) is 1.91. The zero-order valence-corrected chi connectivity index (χ0v) is 8.91. The molecule has 0 spiro atoms. The first-order valence-electron chi connectivity index (χ1n) is 4.15. The standard InChI is InChI=1S/C10H8BrFN2/c11-9-5-8(1-2-10(9)12)6-14-4-3-13-7-14/h1-5,7H,6H2. The van der Waals surface area contributed by atoms with Crippen LogP contribution in [0.15, 0.2) is 41.4 Å². The summed E-state index contributed by atoms with van der Waals surface area (Å²) in [5.41, 5.74) is 1.04. The molecule has 0 amide bonds. The Morgan fingerprint density at radius 2 is 2.29 bits per heavy atom. The molecular formula is C10H8BrFN2. The van der Waals surface area contributed by atoms with Crippen LogP contribution < -0.4 is 0 Å². The largest absolute Gasteiger partial charge is 0.333 e. The van der Waals surface area contributed by atoms with Crippen LogP contribution in [0, 0.1) is 5.82 Å². The number of hydrogen-bond donors (Lipinski definition) is 0. The number of rotatable bonds is 2. The third kappa shape index (κ3) is 2.01. The average molecular weight is 255 g/mol. The predicted octanol–water partition coefficient (Wildman–Crippen LogP) is 2.83. The lowest BCUT2D eigenvalue weighted by Crippen LogP contribution is -1.96. The molecule has 1 aromatic heterocycles. The normalized spacial score (nSPS) is 10.4. The highest BCUT2D eigenvalue weighted by Crippen LogP contribution is 2.17. The predicted molar refractivity (Wildman–Crippen MR) is 55.4 cm³/mol. The summed E-state index contributed by atoms with van der Waals surface area (Å²) in [6.45, 7) is 0.707. The number of nitrogens with zero attached hydrogens (tertiary/aromatic N) is 2. The number of aromatic nitrogens is 2.